The summed E-state index contributed by atoms with van der Waals surface area (Å²) < 4.78 is 0. The molecule has 0 fully saturated rings. The van der Waals surface area contributed by atoms with Crippen LogP contribution in [0.3, 0.4) is 0 Å². The Morgan fingerprint density at radius 2 is 1.67 bits per heavy atom. The average molecular weight is 285 g/mol. The van der Waals surface area contributed by atoms with E-state index in [1.54, 1.807) is 12.1 Å². The number of benzene rings is 1. The van der Waals surface area contributed by atoms with E-state index in [9.17, 15) is 9.59 Å². The van der Waals surface area contributed by atoms with Gasteiger partial charge >= 0.3 is 0 Å². The van der Waals surface area contributed by atoms with Crippen LogP contribution in [0.25, 0.3) is 0 Å². The number of carbonyl (C=O) groups is 2. The van der Waals surface area contributed by atoms with Crippen molar-refractivity contribution in [3.63, 3.8) is 0 Å². The molecule has 0 unspecified atom stereocenters. The first kappa shape index (κ1) is 14.4. The smallest absolute Gasteiger partial charge is 0.292 e. The van der Waals surface area contributed by atoms with Crippen LogP contribution in [0.4, 0.5) is 5.82 Å². The molecule has 2 aromatic rings. The molecule has 21 heavy (non-hydrogen) atoms. The monoisotopic (exact) mass is 285 g/mol. The summed E-state index contributed by atoms with van der Waals surface area (Å²) in [5, 5.41) is 0. The third-order valence-corrected chi connectivity index (χ3v) is 2.86. The maximum atomic E-state index is 11.9. The van der Waals surface area contributed by atoms with Crippen molar-refractivity contribution in [1.82, 2.24) is 20.8 Å². The predicted molar refractivity (Wildman–Crippen MR) is 77.2 cm³/mol. The molecule has 0 saturated heterocycles. The second-order valence-electron chi connectivity index (χ2n) is 4.25. The van der Waals surface area contributed by atoms with Gasteiger partial charge in [-0.25, -0.2) is 9.97 Å². The van der Waals surface area contributed by atoms with E-state index >= 15 is 0 Å². The topological polar surface area (TPSA) is 110 Å². The summed E-state index contributed by atoms with van der Waals surface area (Å²) in [6.07, 6.45) is 3.61. The Bertz CT molecular complexity index is 655. The Morgan fingerprint density at radius 3 is 2.29 bits per heavy atom. The minimum absolute atomic E-state index is 0.00320. The van der Waals surface area contributed by atoms with E-state index in [0.717, 1.165) is 12.0 Å². The van der Waals surface area contributed by atoms with E-state index < -0.39 is 11.8 Å². The van der Waals surface area contributed by atoms with Gasteiger partial charge in [0.15, 0.2) is 11.5 Å². The number of aryl methyl sites for hydroxylation is 1. The minimum Gasteiger partial charge on any atom is -0.382 e. The first-order chi connectivity index (χ1) is 10.1. The van der Waals surface area contributed by atoms with Crippen LogP contribution in [0.2, 0.25) is 0 Å². The highest BCUT2D eigenvalue weighted by Gasteiger charge is 2.13. The lowest BCUT2D eigenvalue weighted by Crippen LogP contribution is -2.42. The maximum Gasteiger partial charge on any atom is 0.292 e. The van der Waals surface area contributed by atoms with Gasteiger partial charge in [0.1, 0.15) is 0 Å². The number of hydrazine groups is 1. The molecule has 0 aliphatic heterocycles. The number of nitrogens with one attached hydrogen (secondary N) is 2. The number of hydrogen-bond donors (Lipinski definition) is 3. The Labute approximate surface area is 121 Å². The number of nitrogen functional groups attached to an aromatic ring is 1. The van der Waals surface area contributed by atoms with Crippen LogP contribution in [0, 0.1) is 0 Å². The zero-order chi connectivity index (χ0) is 15.2. The van der Waals surface area contributed by atoms with E-state index in [0.29, 0.717) is 5.56 Å². The molecule has 0 saturated carbocycles. The van der Waals surface area contributed by atoms with E-state index in [1.165, 1.54) is 12.4 Å². The molecule has 108 valence electrons. The Kier molecular flexibility index (Phi) is 4.45. The van der Waals surface area contributed by atoms with Crippen molar-refractivity contribution in [2.24, 2.45) is 0 Å². The van der Waals surface area contributed by atoms with Gasteiger partial charge in [-0.15, -0.1) is 0 Å². The van der Waals surface area contributed by atoms with Crippen molar-refractivity contribution < 1.29 is 9.59 Å². The SMILES string of the molecule is CCc1ccc(C(=O)NNC(=O)c2nccnc2N)cc1. The Hall–Kier alpha value is -2.96. The lowest BCUT2D eigenvalue weighted by Gasteiger charge is -2.08. The standard InChI is InChI=1S/C14H15N5O2/c1-2-9-3-5-10(6-4-9)13(20)18-19-14(21)11-12(15)17-8-7-16-11/h3-8H,2H2,1H3,(H2,15,17)(H,18,20)(H,19,21). The number of nitrogens with zero attached hydrogens (tertiary/aromatic N) is 2. The number of nitrogens with two attached hydrogens (primary N) is 1. The molecule has 4 N–H and O–H groups in total. The van der Waals surface area contributed by atoms with Crippen LogP contribution in [0.1, 0.15) is 33.3 Å². The molecule has 0 bridgehead atoms. The largest absolute Gasteiger partial charge is 0.382 e. The van der Waals surface area contributed by atoms with Crippen LogP contribution in [-0.4, -0.2) is 21.8 Å². The lowest BCUT2D eigenvalue weighted by atomic mass is 10.1. The zero-order valence-electron chi connectivity index (χ0n) is 11.5. The molecule has 7 nitrogen and oxygen atoms in total. The minimum atomic E-state index is -0.626. The molecule has 0 spiro atoms. The Morgan fingerprint density at radius 1 is 1.05 bits per heavy atom. The lowest BCUT2D eigenvalue weighted by molar-refractivity contribution is 0.0844. The van der Waals surface area contributed by atoms with Crippen LogP contribution in [-0.2, 0) is 6.42 Å². The quantitative estimate of drug-likeness (QED) is 0.719. The molecule has 2 rings (SSSR count). The van der Waals surface area contributed by atoms with Gasteiger partial charge in [-0.05, 0) is 24.1 Å². The van der Waals surface area contributed by atoms with Crippen molar-refractivity contribution in [3.05, 3.63) is 53.5 Å². The number of anilines is 1. The highest BCUT2D eigenvalue weighted by Crippen LogP contribution is 2.05. The summed E-state index contributed by atoms with van der Waals surface area (Å²) in [7, 11) is 0. The van der Waals surface area contributed by atoms with E-state index in [-0.39, 0.29) is 11.5 Å². The highest BCUT2D eigenvalue weighted by molar-refractivity contribution is 6.00. The van der Waals surface area contributed by atoms with Gasteiger partial charge in [0.25, 0.3) is 11.8 Å². The number of rotatable bonds is 3. The normalized spacial score (nSPS) is 9.95. The number of amides is 2. The fourth-order valence-corrected chi connectivity index (χ4v) is 1.66. The molecule has 0 atom stereocenters. The summed E-state index contributed by atoms with van der Waals surface area (Å²) in [4.78, 5) is 31.2. The average Bonchev–Trinajstić information content (AvgIpc) is 2.52. The number of aromatic nitrogens is 2. The molecular formula is C14H15N5O2. The fourth-order valence-electron chi connectivity index (χ4n) is 1.66. The summed E-state index contributed by atoms with van der Waals surface area (Å²) in [6, 6.07) is 7.10. The third kappa shape index (κ3) is 3.53. The Balaban J connectivity index is 1.97. The molecule has 7 heteroatoms. The van der Waals surface area contributed by atoms with Gasteiger partial charge in [0.2, 0.25) is 0 Å². The molecular weight excluding hydrogens is 270 g/mol. The van der Waals surface area contributed by atoms with Crippen LogP contribution in [0.5, 0.6) is 0 Å². The van der Waals surface area contributed by atoms with Gasteiger partial charge in [-0.2, -0.15) is 0 Å². The van der Waals surface area contributed by atoms with Gasteiger partial charge in [0.05, 0.1) is 0 Å². The van der Waals surface area contributed by atoms with Crippen molar-refractivity contribution in [2.75, 3.05) is 5.73 Å². The van der Waals surface area contributed by atoms with Crippen molar-refractivity contribution in [3.8, 4) is 0 Å². The summed E-state index contributed by atoms with van der Waals surface area (Å²) in [6.45, 7) is 2.03. The first-order valence-corrected chi connectivity index (χ1v) is 6.38. The van der Waals surface area contributed by atoms with Gasteiger partial charge in [-0.3, -0.25) is 20.4 Å². The second kappa shape index (κ2) is 6.47. The molecule has 2 amide bonds. The maximum absolute atomic E-state index is 11.9. The van der Waals surface area contributed by atoms with Crippen molar-refractivity contribution in [1.29, 1.82) is 0 Å². The molecule has 0 aliphatic carbocycles. The van der Waals surface area contributed by atoms with Crippen molar-refractivity contribution in [2.45, 2.75) is 13.3 Å². The van der Waals surface area contributed by atoms with Crippen molar-refractivity contribution >= 4 is 17.6 Å². The molecule has 0 aliphatic rings. The second-order valence-corrected chi connectivity index (χ2v) is 4.25. The molecule has 1 aromatic heterocycles. The summed E-state index contributed by atoms with van der Waals surface area (Å²) in [5.74, 6) is -1.05. The van der Waals surface area contributed by atoms with Crippen LogP contribution < -0.4 is 16.6 Å². The van der Waals surface area contributed by atoms with Gasteiger partial charge in [0, 0.05) is 18.0 Å². The summed E-state index contributed by atoms with van der Waals surface area (Å²) in [5.41, 5.74) is 11.6. The van der Waals surface area contributed by atoms with Crippen LogP contribution in [0.15, 0.2) is 36.7 Å². The van der Waals surface area contributed by atoms with E-state index in [2.05, 4.69) is 20.8 Å². The van der Waals surface area contributed by atoms with Gasteiger partial charge in [-0.1, -0.05) is 19.1 Å². The van der Waals surface area contributed by atoms with E-state index in [1.807, 2.05) is 19.1 Å². The first-order valence-electron chi connectivity index (χ1n) is 6.38. The van der Waals surface area contributed by atoms with Crippen LogP contribution >= 0.6 is 0 Å². The number of carbonyl (C=O) groups excluding carboxylic acids is 2. The third-order valence-electron chi connectivity index (χ3n) is 2.86. The highest BCUT2D eigenvalue weighted by atomic mass is 16.2. The zero-order valence-corrected chi connectivity index (χ0v) is 11.5. The molecule has 1 aromatic carbocycles. The number of hydrogen-bond acceptors (Lipinski definition) is 5. The molecule has 1 heterocycles. The van der Waals surface area contributed by atoms with E-state index in [4.69, 9.17) is 5.73 Å². The summed E-state index contributed by atoms with van der Waals surface area (Å²) >= 11 is 0. The molecule has 0 radical (unpaired) electrons. The fraction of sp³-hybridized carbons (Fsp3) is 0.143. The van der Waals surface area contributed by atoms with Gasteiger partial charge < -0.3 is 5.73 Å². The predicted octanol–water partition coefficient (Wildman–Crippen LogP) is 0.696.